The van der Waals surface area contributed by atoms with Crippen LogP contribution in [-0.4, -0.2) is 0 Å². The fourth-order valence-electron chi connectivity index (χ4n) is 1.18. The molecule has 0 aliphatic carbocycles. The maximum atomic E-state index is 3.19. The van der Waals surface area contributed by atoms with E-state index in [1.54, 1.807) is 0 Å². The van der Waals surface area contributed by atoms with Crippen LogP contribution in [0.3, 0.4) is 0 Å². The van der Waals surface area contributed by atoms with Gasteiger partial charge in [0.25, 0.3) is 0 Å². The molecular formula is C12H17K. The first-order valence-corrected chi connectivity index (χ1v) is 4.62. The zero-order valence-electron chi connectivity index (χ0n) is 9.39. The van der Waals surface area contributed by atoms with Crippen LogP contribution >= 0.6 is 0 Å². The predicted molar refractivity (Wildman–Crippen MR) is 53.5 cm³/mol. The Morgan fingerprint density at radius 3 is 1.62 bits per heavy atom. The van der Waals surface area contributed by atoms with Crippen LogP contribution in [-0.2, 0) is 0 Å². The molecule has 0 amide bonds. The summed E-state index contributed by atoms with van der Waals surface area (Å²) >= 11 is 0. The summed E-state index contributed by atoms with van der Waals surface area (Å²) in [5, 5.41) is 0. The molecule has 0 bridgehead atoms. The molecule has 0 aliphatic heterocycles. The molecular weight excluding hydrogens is 183 g/mol. The topological polar surface area (TPSA) is 0 Å². The Labute approximate surface area is 125 Å². The standard InChI is InChI=1S/C12H17.K/c1-9(2)11-6-5-7-12(8-11)10(3)4;/h6-10H,1-4H3;/q-1;+1. The number of benzene rings is 1. The van der Waals surface area contributed by atoms with Gasteiger partial charge in [0.15, 0.2) is 0 Å². The van der Waals surface area contributed by atoms with Gasteiger partial charge in [-0.1, -0.05) is 39.5 Å². The van der Waals surface area contributed by atoms with Crippen LogP contribution in [0.4, 0.5) is 0 Å². The normalized spacial score (nSPS) is 10.3. The van der Waals surface area contributed by atoms with Crippen LogP contribution in [0, 0.1) is 6.07 Å². The fourth-order valence-corrected chi connectivity index (χ4v) is 1.18. The SMILES string of the molecule is CC(C)c1c[c-]cc(C(C)C)c1.[K+]. The molecule has 0 saturated heterocycles. The van der Waals surface area contributed by atoms with Crippen molar-refractivity contribution in [2.45, 2.75) is 39.5 Å². The van der Waals surface area contributed by atoms with Crippen molar-refractivity contribution in [2.75, 3.05) is 0 Å². The number of hydrogen-bond acceptors (Lipinski definition) is 0. The largest absolute Gasteiger partial charge is 1.00 e. The molecule has 0 unspecified atom stereocenters. The molecule has 0 atom stereocenters. The van der Waals surface area contributed by atoms with Crippen molar-refractivity contribution in [2.24, 2.45) is 0 Å². The van der Waals surface area contributed by atoms with Gasteiger partial charge >= 0.3 is 51.4 Å². The van der Waals surface area contributed by atoms with Gasteiger partial charge < -0.3 is 0 Å². The minimum Gasteiger partial charge on any atom is -0.183 e. The van der Waals surface area contributed by atoms with Gasteiger partial charge in [0, 0.05) is 0 Å². The Bertz CT molecular complexity index is 228. The quantitative estimate of drug-likeness (QED) is 0.488. The Balaban J connectivity index is 0.00000144. The minimum absolute atomic E-state index is 0. The zero-order chi connectivity index (χ0) is 9.14. The molecule has 0 nitrogen and oxygen atoms in total. The summed E-state index contributed by atoms with van der Waals surface area (Å²) in [6, 6.07) is 9.64. The number of hydrogen-bond donors (Lipinski definition) is 0. The van der Waals surface area contributed by atoms with Crippen LogP contribution in [0.2, 0.25) is 0 Å². The molecule has 1 rings (SSSR count). The van der Waals surface area contributed by atoms with E-state index in [1.165, 1.54) is 11.1 Å². The molecule has 0 saturated carbocycles. The second-order valence-electron chi connectivity index (χ2n) is 3.91. The summed E-state index contributed by atoms with van der Waals surface area (Å²) in [7, 11) is 0. The average molecular weight is 200 g/mol. The molecule has 13 heavy (non-hydrogen) atoms. The first kappa shape index (κ1) is 13.9. The fraction of sp³-hybridized carbons (Fsp3) is 0.500. The van der Waals surface area contributed by atoms with Gasteiger partial charge in [0.1, 0.15) is 0 Å². The van der Waals surface area contributed by atoms with Crippen molar-refractivity contribution in [1.82, 2.24) is 0 Å². The van der Waals surface area contributed by atoms with E-state index in [1.807, 2.05) is 0 Å². The molecule has 0 heterocycles. The van der Waals surface area contributed by atoms with Crippen molar-refractivity contribution in [3.8, 4) is 0 Å². The maximum absolute atomic E-state index is 3.19. The Hall–Kier alpha value is 0.856. The van der Waals surface area contributed by atoms with E-state index in [4.69, 9.17) is 0 Å². The third-order valence-corrected chi connectivity index (χ3v) is 2.17. The van der Waals surface area contributed by atoms with E-state index in [9.17, 15) is 0 Å². The van der Waals surface area contributed by atoms with Crippen molar-refractivity contribution >= 4 is 0 Å². The Morgan fingerprint density at radius 1 is 0.923 bits per heavy atom. The summed E-state index contributed by atoms with van der Waals surface area (Å²) in [6.07, 6.45) is 0. The van der Waals surface area contributed by atoms with Gasteiger partial charge in [-0.15, -0.1) is 0 Å². The van der Waals surface area contributed by atoms with Crippen LogP contribution < -0.4 is 51.4 Å². The first-order chi connectivity index (χ1) is 5.61. The van der Waals surface area contributed by atoms with Crippen LogP contribution in [0.1, 0.15) is 50.7 Å². The van der Waals surface area contributed by atoms with E-state index < -0.39 is 0 Å². The molecule has 0 N–H and O–H groups in total. The first-order valence-electron chi connectivity index (χ1n) is 4.62. The molecule has 0 aliphatic rings. The van der Waals surface area contributed by atoms with Crippen LogP contribution in [0.25, 0.3) is 0 Å². The summed E-state index contributed by atoms with van der Waals surface area (Å²) in [5.74, 6) is 1.22. The molecule has 1 heteroatoms. The van der Waals surface area contributed by atoms with Gasteiger partial charge in [-0.2, -0.15) is 35.4 Å². The molecule has 1 aromatic rings. The molecule has 66 valence electrons. The van der Waals surface area contributed by atoms with Crippen LogP contribution in [0.15, 0.2) is 18.2 Å². The molecule has 0 spiro atoms. The van der Waals surface area contributed by atoms with Gasteiger partial charge in [-0.3, -0.25) is 0 Å². The maximum Gasteiger partial charge on any atom is 1.00 e. The average Bonchev–Trinajstić information content (AvgIpc) is 2.04. The second kappa shape index (κ2) is 6.36. The van der Waals surface area contributed by atoms with Crippen molar-refractivity contribution in [3.63, 3.8) is 0 Å². The van der Waals surface area contributed by atoms with E-state index in [2.05, 4.69) is 52.0 Å². The van der Waals surface area contributed by atoms with Gasteiger partial charge in [0.05, 0.1) is 0 Å². The summed E-state index contributed by atoms with van der Waals surface area (Å²) in [5.41, 5.74) is 2.78. The van der Waals surface area contributed by atoms with Gasteiger partial charge in [-0.25, -0.2) is 0 Å². The van der Waals surface area contributed by atoms with E-state index in [0.717, 1.165) is 0 Å². The molecule has 1 aromatic carbocycles. The molecule has 0 aromatic heterocycles. The van der Waals surface area contributed by atoms with E-state index >= 15 is 0 Å². The third-order valence-electron chi connectivity index (χ3n) is 2.17. The third kappa shape index (κ3) is 4.26. The monoisotopic (exact) mass is 200 g/mol. The van der Waals surface area contributed by atoms with Crippen molar-refractivity contribution < 1.29 is 51.4 Å². The van der Waals surface area contributed by atoms with Crippen molar-refractivity contribution in [3.05, 3.63) is 35.4 Å². The Morgan fingerprint density at radius 2 is 1.31 bits per heavy atom. The molecule has 0 radical (unpaired) electrons. The summed E-state index contributed by atoms with van der Waals surface area (Å²) < 4.78 is 0. The minimum atomic E-state index is 0. The van der Waals surface area contributed by atoms with Gasteiger partial charge in [0.2, 0.25) is 0 Å². The smallest absolute Gasteiger partial charge is 0.183 e. The summed E-state index contributed by atoms with van der Waals surface area (Å²) in [4.78, 5) is 0. The van der Waals surface area contributed by atoms with Crippen LogP contribution in [0.5, 0.6) is 0 Å². The second-order valence-corrected chi connectivity index (χ2v) is 3.91. The zero-order valence-corrected chi connectivity index (χ0v) is 12.5. The van der Waals surface area contributed by atoms with Crippen molar-refractivity contribution in [1.29, 1.82) is 0 Å². The van der Waals surface area contributed by atoms with Gasteiger partial charge in [-0.05, 0) is 0 Å². The number of rotatable bonds is 2. The summed E-state index contributed by atoms with van der Waals surface area (Å²) in [6.45, 7) is 8.86. The Kier molecular flexibility index (Phi) is 6.78. The predicted octanol–water partition coefficient (Wildman–Crippen LogP) is 0.738. The van der Waals surface area contributed by atoms with E-state index in [-0.39, 0.29) is 51.4 Å². The molecule has 0 fully saturated rings. The van der Waals surface area contributed by atoms with E-state index in [0.29, 0.717) is 11.8 Å².